The number of sulfonamides is 1. The second-order valence-electron chi connectivity index (χ2n) is 7.46. The normalized spacial score (nSPS) is 20.4. The minimum absolute atomic E-state index is 0.239. The van der Waals surface area contributed by atoms with Crippen LogP contribution in [0.15, 0.2) is 47.5 Å². The predicted molar refractivity (Wildman–Crippen MR) is 109 cm³/mol. The molecule has 0 amide bonds. The van der Waals surface area contributed by atoms with Crippen molar-refractivity contribution in [3.63, 3.8) is 0 Å². The first-order chi connectivity index (χ1) is 13.4. The Bertz CT molecular complexity index is 935. The molecular weight excluding hydrogens is 398 g/mol. The van der Waals surface area contributed by atoms with Crippen molar-refractivity contribution in [1.82, 2.24) is 9.29 Å². The highest BCUT2D eigenvalue weighted by molar-refractivity contribution is 7.89. The van der Waals surface area contributed by atoms with Crippen LogP contribution in [0.2, 0.25) is 5.02 Å². The molecule has 6 nitrogen and oxygen atoms in total. The van der Waals surface area contributed by atoms with Crippen LogP contribution in [0.4, 0.5) is 5.82 Å². The summed E-state index contributed by atoms with van der Waals surface area (Å²) >= 11 is 6.27. The van der Waals surface area contributed by atoms with E-state index in [1.54, 1.807) is 18.2 Å². The van der Waals surface area contributed by atoms with Gasteiger partial charge in [-0.2, -0.15) is 4.31 Å². The van der Waals surface area contributed by atoms with Crippen molar-refractivity contribution >= 4 is 27.4 Å². The topological polar surface area (TPSA) is 73.7 Å². The molecule has 2 aliphatic heterocycles. The van der Waals surface area contributed by atoms with Crippen molar-refractivity contribution in [2.24, 2.45) is 0 Å². The van der Waals surface area contributed by atoms with E-state index in [4.69, 9.17) is 11.6 Å². The van der Waals surface area contributed by atoms with E-state index in [1.807, 2.05) is 18.2 Å². The van der Waals surface area contributed by atoms with Crippen molar-refractivity contribution in [2.45, 2.75) is 36.2 Å². The van der Waals surface area contributed by atoms with Crippen LogP contribution in [-0.2, 0) is 15.6 Å². The maximum atomic E-state index is 12.6. The van der Waals surface area contributed by atoms with E-state index in [2.05, 4.69) is 9.88 Å². The molecule has 28 heavy (non-hydrogen) atoms. The SMILES string of the molecule is O=S(=O)(c1ccc(N2CCC(O)(c3ccccc3Cl)CC2)nc1)N1CCCC1. The second-order valence-corrected chi connectivity index (χ2v) is 9.81. The molecule has 0 radical (unpaired) electrons. The number of rotatable bonds is 4. The first kappa shape index (κ1) is 19.6. The number of hydrogen-bond donors (Lipinski definition) is 1. The van der Waals surface area contributed by atoms with Gasteiger partial charge in [-0.15, -0.1) is 0 Å². The molecule has 1 N–H and O–H groups in total. The zero-order valence-electron chi connectivity index (χ0n) is 15.6. The monoisotopic (exact) mass is 421 g/mol. The third-order valence-corrected chi connectivity index (χ3v) is 7.93. The summed E-state index contributed by atoms with van der Waals surface area (Å²) in [5.41, 5.74) is -0.190. The van der Waals surface area contributed by atoms with E-state index in [0.29, 0.717) is 44.0 Å². The zero-order chi connectivity index (χ0) is 19.8. The molecule has 0 spiro atoms. The van der Waals surface area contributed by atoms with Crippen molar-refractivity contribution in [2.75, 3.05) is 31.1 Å². The fourth-order valence-corrected chi connectivity index (χ4v) is 5.78. The number of pyridine rings is 1. The Balaban J connectivity index is 1.46. The molecule has 2 aromatic rings. The molecular formula is C20H24ClN3O3S. The van der Waals surface area contributed by atoms with Crippen LogP contribution >= 0.6 is 11.6 Å². The summed E-state index contributed by atoms with van der Waals surface area (Å²) in [6.45, 7) is 2.40. The average Bonchev–Trinajstić information content (AvgIpc) is 3.25. The Morgan fingerprint density at radius 2 is 1.68 bits per heavy atom. The van der Waals surface area contributed by atoms with Gasteiger partial charge in [-0.25, -0.2) is 13.4 Å². The van der Waals surface area contributed by atoms with Gasteiger partial charge in [0.25, 0.3) is 0 Å². The molecule has 0 bridgehead atoms. The molecule has 2 fully saturated rings. The fourth-order valence-electron chi connectivity index (χ4n) is 4.00. The van der Waals surface area contributed by atoms with Crippen LogP contribution in [-0.4, -0.2) is 49.0 Å². The van der Waals surface area contributed by atoms with Gasteiger partial charge in [0.15, 0.2) is 0 Å². The number of aromatic nitrogens is 1. The van der Waals surface area contributed by atoms with Gasteiger partial charge in [-0.3, -0.25) is 0 Å². The van der Waals surface area contributed by atoms with Gasteiger partial charge in [0.05, 0.1) is 5.60 Å². The van der Waals surface area contributed by atoms with E-state index in [0.717, 1.165) is 24.2 Å². The lowest BCUT2D eigenvalue weighted by Crippen LogP contribution is -2.43. The molecule has 2 aliphatic rings. The molecule has 0 aliphatic carbocycles. The lowest BCUT2D eigenvalue weighted by molar-refractivity contribution is 0.0117. The smallest absolute Gasteiger partial charge is 0.244 e. The van der Waals surface area contributed by atoms with Gasteiger partial charge in [-0.1, -0.05) is 29.8 Å². The minimum Gasteiger partial charge on any atom is -0.385 e. The van der Waals surface area contributed by atoms with Crippen LogP contribution in [0, 0.1) is 0 Å². The van der Waals surface area contributed by atoms with E-state index in [9.17, 15) is 13.5 Å². The average molecular weight is 422 g/mol. The fraction of sp³-hybridized carbons (Fsp3) is 0.450. The highest BCUT2D eigenvalue weighted by Crippen LogP contribution is 2.37. The Morgan fingerprint density at radius 3 is 2.29 bits per heavy atom. The summed E-state index contributed by atoms with van der Waals surface area (Å²) in [6.07, 6.45) is 4.33. The number of piperidine rings is 1. The van der Waals surface area contributed by atoms with Gasteiger partial charge in [-0.05, 0) is 43.9 Å². The highest BCUT2D eigenvalue weighted by atomic mass is 35.5. The van der Waals surface area contributed by atoms with Crippen molar-refractivity contribution in [1.29, 1.82) is 0 Å². The summed E-state index contributed by atoms with van der Waals surface area (Å²) in [5.74, 6) is 0.724. The molecule has 0 unspecified atom stereocenters. The number of aliphatic hydroxyl groups is 1. The molecule has 1 aromatic heterocycles. The van der Waals surface area contributed by atoms with Gasteiger partial charge in [0.2, 0.25) is 10.0 Å². The number of halogens is 1. The summed E-state index contributed by atoms with van der Waals surface area (Å²) in [7, 11) is -3.45. The van der Waals surface area contributed by atoms with Crippen LogP contribution in [0.25, 0.3) is 0 Å². The lowest BCUT2D eigenvalue weighted by atomic mass is 9.84. The second kappa shape index (κ2) is 7.63. The maximum absolute atomic E-state index is 12.6. The summed E-state index contributed by atoms with van der Waals surface area (Å²) in [6, 6.07) is 10.8. The Hall–Kier alpha value is -1.67. The third-order valence-electron chi connectivity index (χ3n) is 5.71. The third kappa shape index (κ3) is 3.64. The Labute approximate surface area is 170 Å². The first-order valence-electron chi connectivity index (χ1n) is 9.59. The lowest BCUT2D eigenvalue weighted by Gasteiger charge is -2.39. The first-order valence-corrected chi connectivity index (χ1v) is 11.4. The molecule has 8 heteroatoms. The highest BCUT2D eigenvalue weighted by Gasteiger charge is 2.36. The molecule has 0 saturated carbocycles. The standard InChI is InChI=1S/C20H24ClN3O3S/c21-18-6-2-1-5-17(18)20(25)9-13-23(14-10-20)19-8-7-16(15-22-19)28(26,27)24-11-3-4-12-24/h1-2,5-8,15,25H,3-4,9-14H2. The minimum atomic E-state index is -3.45. The van der Waals surface area contributed by atoms with Crippen LogP contribution in [0.1, 0.15) is 31.2 Å². The summed E-state index contributed by atoms with van der Waals surface area (Å²) in [5, 5.41) is 11.6. The van der Waals surface area contributed by atoms with E-state index >= 15 is 0 Å². The van der Waals surface area contributed by atoms with Gasteiger partial charge < -0.3 is 10.0 Å². The number of nitrogens with zero attached hydrogens (tertiary/aromatic N) is 3. The zero-order valence-corrected chi connectivity index (χ0v) is 17.2. The number of anilines is 1. The summed E-state index contributed by atoms with van der Waals surface area (Å²) in [4.78, 5) is 6.70. The molecule has 4 rings (SSSR count). The predicted octanol–water partition coefficient (Wildman–Crippen LogP) is 3.01. The van der Waals surface area contributed by atoms with Crippen LogP contribution in [0.3, 0.4) is 0 Å². The van der Waals surface area contributed by atoms with E-state index in [-0.39, 0.29) is 4.90 Å². The van der Waals surface area contributed by atoms with Crippen molar-refractivity contribution < 1.29 is 13.5 Å². The molecule has 0 atom stereocenters. The number of hydrogen-bond acceptors (Lipinski definition) is 5. The summed E-state index contributed by atoms with van der Waals surface area (Å²) < 4.78 is 26.8. The van der Waals surface area contributed by atoms with E-state index in [1.165, 1.54) is 10.5 Å². The van der Waals surface area contributed by atoms with Gasteiger partial charge >= 0.3 is 0 Å². The Kier molecular flexibility index (Phi) is 5.35. The molecule has 3 heterocycles. The largest absolute Gasteiger partial charge is 0.385 e. The van der Waals surface area contributed by atoms with Gasteiger partial charge in [0.1, 0.15) is 10.7 Å². The van der Waals surface area contributed by atoms with Crippen molar-refractivity contribution in [3.8, 4) is 0 Å². The van der Waals surface area contributed by atoms with Gasteiger partial charge in [0, 0.05) is 43.0 Å². The number of benzene rings is 1. The molecule has 150 valence electrons. The van der Waals surface area contributed by atoms with Crippen molar-refractivity contribution in [3.05, 3.63) is 53.2 Å². The van der Waals surface area contributed by atoms with E-state index < -0.39 is 15.6 Å². The molecule has 1 aromatic carbocycles. The quantitative estimate of drug-likeness (QED) is 0.821. The molecule has 2 saturated heterocycles. The van der Waals surface area contributed by atoms with Crippen LogP contribution in [0.5, 0.6) is 0 Å². The Morgan fingerprint density at radius 1 is 1.00 bits per heavy atom. The van der Waals surface area contributed by atoms with Crippen LogP contribution < -0.4 is 4.90 Å². The maximum Gasteiger partial charge on any atom is 0.244 e.